The highest BCUT2D eigenvalue weighted by molar-refractivity contribution is 7.79. The van der Waals surface area contributed by atoms with Crippen molar-refractivity contribution in [1.82, 2.24) is 0 Å². The van der Waals surface area contributed by atoms with Gasteiger partial charge in [-0.05, 0) is 29.7 Å². The van der Waals surface area contributed by atoms with Gasteiger partial charge in [0.2, 0.25) is 0 Å². The Morgan fingerprint density at radius 3 is 2.18 bits per heavy atom. The van der Waals surface area contributed by atoms with Gasteiger partial charge in [-0.2, -0.15) is 0 Å². The van der Waals surface area contributed by atoms with Crippen molar-refractivity contribution in [3.8, 4) is 0 Å². The number of fused-ring (bicyclic) bond motifs is 1. The lowest BCUT2D eigenvalue weighted by Crippen LogP contribution is -1.86. The number of rotatable bonds is 2. The van der Waals surface area contributed by atoms with Crippen molar-refractivity contribution in [2.75, 3.05) is 0 Å². The highest BCUT2D eigenvalue weighted by Crippen LogP contribution is 2.22. The SMILES string of the molecule is c1ccc([SH+]c2cccc3ccccc23)cc1. The molecule has 0 spiro atoms. The van der Waals surface area contributed by atoms with Crippen LogP contribution in [0.25, 0.3) is 10.8 Å². The van der Waals surface area contributed by atoms with Crippen molar-refractivity contribution in [2.45, 2.75) is 9.79 Å². The summed E-state index contributed by atoms with van der Waals surface area (Å²) in [4.78, 5) is 2.71. The predicted octanol–water partition coefficient (Wildman–Crippen LogP) is 4.07. The molecule has 3 aromatic carbocycles. The van der Waals surface area contributed by atoms with E-state index in [1.54, 1.807) is 0 Å². The smallest absolute Gasteiger partial charge is 0.0619 e. The number of thiol groups is 1. The van der Waals surface area contributed by atoms with Gasteiger partial charge in [0.25, 0.3) is 0 Å². The molecule has 0 radical (unpaired) electrons. The lowest BCUT2D eigenvalue weighted by atomic mass is 10.1. The lowest BCUT2D eigenvalue weighted by molar-refractivity contribution is 1.43. The second-order valence-electron chi connectivity index (χ2n) is 3.95. The Balaban J connectivity index is 2.06. The largest absolute Gasteiger partial charge is 0.166 e. The fourth-order valence-corrected chi connectivity index (χ4v) is 3.03. The van der Waals surface area contributed by atoms with Crippen molar-refractivity contribution in [3.05, 3.63) is 72.8 Å². The lowest BCUT2D eigenvalue weighted by Gasteiger charge is -1.99. The number of benzene rings is 3. The van der Waals surface area contributed by atoms with Crippen LogP contribution in [0.4, 0.5) is 0 Å². The summed E-state index contributed by atoms with van der Waals surface area (Å²) >= 11 is 1.27. The van der Waals surface area contributed by atoms with Crippen molar-refractivity contribution >= 4 is 22.5 Å². The molecular weight excluding hydrogens is 224 g/mol. The minimum atomic E-state index is 1.27. The van der Waals surface area contributed by atoms with Crippen molar-refractivity contribution in [3.63, 3.8) is 0 Å². The fraction of sp³-hybridized carbons (Fsp3) is 0. The van der Waals surface area contributed by atoms with E-state index in [-0.39, 0.29) is 0 Å². The van der Waals surface area contributed by atoms with E-state index in [0.717, 1.165) is 0 Å². The quantitative estimate of drug-likeness (QED) is 0.465. The Morgan fingerprint density at radius 2 is 1.29 bits per heavy atom. The summed E-state index contributed by atoms with van der Waals surface area (Å²) in [6.07, 6.45) is 0. The molecule has 0 aromatic heterocycles. The molecule has 0 heterocycles. The van der Waals surface area contributed by atoms with Crippen LogP contribution in [0.15, 0.2) is 82.6 Å². The maximum atomic E-state index is 2.21. The molecule has 0 fully saturated rings. The van der Waals surface area contributed by atoms with E-state index in [2.05, 4.69) is 72.8 Å². The average molecular weight is 237 g/mol. The zero-order valence-electron chi connectivity index (χ0n) is 9.38. The first kappa shape index (κ1) is 10.4. The van der Waals surface area contributed by atoms with Gasteiger partial charge >= 0.3 is 0 Å². The van der Waals surface area contributed by atoms with Gasteiger partial charge in [-0.3, -0.25) is 0 Å². The molecule has 0 atom stereocenters. The molecule has 3 rings (SSSR count). The molecule has 0 nitrogen and oxygen atoms in total. The maximum absolute atomic E-state index is 2.21. The zero-order chi connectivity index (χ0) is 11.5. The highest BCUT2D eigenvalue weighted by atomic mass is 32.2. The Hall–Kier alpha value is -1.73. The summed E-state index contributed by atoms with van der Waals surface area (Å²) in [6, 6.07) is 25.6. The number of hydrogen-bond donors (Lipinski definition) is 0. The first-order valence-corrected chi connectivity index (χ1v) is 6.57. The standard InChI is InChI=1S/C16H12S/c1-2-9-14(10-3-1)17-16-12-6-8-13-7-4-5-11-15(13)16/h1-12H/p+1. The third-order valence-electron chi connectivity index (χ3n) is 2.77. The summed E-state index contributed by atoms with van der Waals surface area (Å²) < 4.78 is 0. The highest BCUT2D eigenvalue weighted by Gasteiger charge is 2.09. The minimum absolute atomic E-state index is 1.27. The molecule has 0 aliphatic carbocycles. The van der Waals surface area contributed by atoms with Crippen LogP contribution in [0.5, 0.6) is 0 Å². The molecule has 1 heteroatoms. The summed E-state index contributed by atoms with van der Waals surface area (Å²) in [5.74, 6) is 0. The Labute approximate surface area is 105 Å². The van der Waals surface area contributed by atoms with Crippen LogP contribution in [0, 0.1) is 0 Å². The Morgan fingerprint density at radius 1 is 0.588 bits per heavy atom. The van der Waals surface area contributed by atoms with Crippen LogP contribution in [-0.2, 0) is 11.8 Å². The van der Waals surface area contributed by atoms with Gasteiger partial charge < -0.3 is 0 Å². The molecule has 0 saturated heterocycles. The van der Waals surface area contributed by atoms with E-state index in [0.29, 0.717) is 0 Å². The molecule has 0 N–H and O–H groups in total. The average Bonchev–Trinajstić information content (AvgIpc) is 2.40. The molecule has 82 valence electrons. The van der Waals surface area contributed by atoms with Crippen LogP contribution < -0.4 is 0 Å². The molecule has 0 saturated carbocycles. The normalized spacial score (nSPS) is 10.6. The van der Waals surface area contributed by atoms with Crippen molar-refractivity contribution < 1.29 is 0 Å². The Bertz CT molecular complexity index is 624. The van der Waals surface area contributed by atoms with E-state index < -0.39 is 0 Å². The van der Waals surface area contributed by atoms with Gasteiger partial charge in [0, 0.05) is 17.1 Å². The molecule has 0 amide bonds. The second kappa shape index (κ2) is 4.64. The van der Waals surface area contributed by atoms with Crippen LogP contribution in [-0.4, -0.2) is 0 Å². The molecule has 0 aliphatic rings. The fourth-order valence-electron chi connectivity index (χ4n) is 1.95. The van der Waals surface area contributed by atoms with E-state index in [1.165, 1.54) is 32.3 Å². The van der Waals surface area contributed by atoms with E-state index in [4.69, 9.17) is 0 Å². The maximum Gasteiger partial charge on any atom is 0.166 e. The van der Waals surface area contributed by atoms with E-state index in [1.807, 2.05) is 0 Å². The van der Waals surface area contributed by atoms with Gasteiger partial charge in [-0.1, -0.05) is 48.5 Å². The van der Waals surface area contributed by atoms with Gasteiger partial charge in [0.05, 0.1) is 0 Å². The predicted molar refractivity (Wildman–Crippen MR) is 75.7 cm³/mol. The number of hydrogen-bond acceptors (Lipinski definition) is 0. The van der Waals surface area contributed by atoms with Crippen molar-refractivity contribution in [1.29, 1.82) is 0 Å². The molecule has 3 aromatic rings. The van der Waals surface area contributed by atoms with E-state index in [9.17, 15) is 0 Å². The van der Waals surface area contributed by atoms with Crippen LogP contribution in [0.2, 0.25) is 0 Å². The van der Waals surface area contributed by atoms with Gasteiger partial charge in [0.15, 0.2) is 9.79 Å². The topological polar surface area (TPSA) is 0 Å². The summed E-state index contributed by atoms with van der Waals surface area (Å²) in [5.41, 5.74) is 0. The summed E-state index contributed by atoms with van der Waals surface area (Å²) in [6.45, 7) is 0. The van der Waals surface area contributed by atoms with Crippen LogP contribution in [0.1, 0.15) is 0 Å². The van der Waals surface area contributed by atoms with Crippen molar-refractivity contribution in [2.24, 2.45) is 0 Å². The Kier molecular flexibility index (Phi) is 2.85. The second-order valence-corrected chi connectivity index (χ2v) is 5.17. The minimum Gasteiger partial charge on any atom is -0.0619 e. The molecule has 0 aliphatic heterocycles. The van der Waals surface area contributed by atoms with Crippen LogP contribution >= 0.6 is 0 Å². The van der Waals surface area contributed by atoms with Gasteiger partial charge in [-0.25, -0.2) is 0 Å². The molecule has 0 bridgehead atoms. The third-order valence-corrected chi connectivity index (χ3v) is 3.96. The monoisotopic (exact) mass is 237 g/mol. The van der Waals surface area contributed by atoms with Gasteiger partial charge in [0.1, 0.15) is 0 Å². The molecule has 0 unspecified atom stereocenters. The summed E-state index contributed by atoms with van der Waals surface area (Å²) in [5, 5.41) is 2.66. The summed E-state index contributed by atoms with van der Waals surface area (Å²) in [7, 11) is 0. The van der Waals surface area contributed by atoms with Gasteiger partial charge in [-0.15, -0.1) is 0 Å². The van der Waals surface area contributed by atoms with Crippen LogP contribution in [0.3, 0.4) is 0 Å². The third kappa shape index (κ3) is 2.20. The first-order chi connectivity index (χ1) is 8.43. The first-order valence-electron chi connectivity index (χ1n) is 5.68. The molecular formula is C16H13S+. The zero-order valence-corrected chi connectivity index (χ0v) is 10.3. The van der Waals surface area contributed by atoms with E-state index >= 15 is 0 Å². The molecule has 17 heavy (non-hydrogen) atoms.